The van der Waals surface area contributed by atoms with Crippen LogP contribution in [0.2, 0.25) is 0 Å². The van der Waals surface area contributed by atoms with Crippen LogP contribution in [-0.4, -0.2) is 72.3 Å². The SMILES string of the molecule is C=CCOC12Oc3ccc(Oc4ccc(C)c(C)c4)cc3C3C(CCCCO)C(CCCCO)C=C(C(=NOCC)CC1N(Cc1ccc(F)cc1)C(=O)OC)C32. The summed E-state index contributed by atoms with van der Waals surface area (Å²) in [5, 5.41) is 24.5. The van der Waals surface area contributed by atoms with Crippen LogP contribution in [0.1, 0.15) is 80.0 Å². The molecule has 3 aliphatic rings. The zero-order valence-corrected chi connectivity index (χ0v) is 33.6. The number of aryl methyl sites for hydroxylation is 2. The summed E-state index contributed by atoms with van der Waals surface area (Å²) in [5.74, 6) is -0.438. The number of unbranched alkanes of at least 4 members (excludes halogenated alkanes) is 2. The fraction of sp³-hybridized carbons (Fsp3) is 0.478. The van der Waals surface area contributed by atoms with E-state index in [2.05, 4.69) is 32.6 Å². The monoisotopic (exact) mass is 784 g/mol. The second-order valence-corrected chi connectivity index (χ2v) is 15.3. The van der Waals surface area contributed by atoms with E-state index in [1.54, 1.807) is 23.1 Å². The molecule has 6 unspecified atom stereocenters. The van der Waals surface area contributed by atoms with Crippen LogP contribution in [0.3, 0.4) is 0 Å². The number of hydrogen-bond donors (Lipinski definition) is 2. The van der Waals surface area contributed by atoms with Crippen molar-refractivity contribution in [3.8, 4) is 17.2 Å². The molecule has 3 aromatic rings. The van der Waals surface area contributed by atoms with Crippen LogP contribution in [0.25, 0.3) is 0 Å². The van der Waals surface area contributed by atoms with Crippen molar-refractivity contribution in [3.63, 3.8) is 0 Å². The van der Waals surface area contributed by atoms with E-state index < -0.39 is 23.8 Å². The fourth-order valence-corrected chi connectivity index (χ4v) is 8.97. The van der Waals surface area contributed by atoms with Gasteiger partial charge < -0.3 is 34.0 Å². The van der Waals surface area contributed by atoms with Gasteiger partial charge in [0.2, 0.25) is 5.79 Å². The zero-order valence-electron chi connectivity index (χ0n) is 33.6. The van der Waals surface area contributed by atoms with Gasteiger partial charge in [0.25, 0.3) is 0 Å². The normalized spacial score (nSPS) is 24.1. The van der Waals surface area contributed by atoms with E-state index in [0.717, 1.165) is 48.1 Å². The Hall–Kier alpha value is -4.71. The smallest absolute Gasteiger partial charge is 0.410 e. The minimum atomic E-state index is -1.46. The molecule has 0 aromatic heterocycles. The number of aliphatic hydroxyl groups is 2. The lowest BCUT2D eigenvalue weighted by Gasteiger charge is -2.59. The first-order valence-corrected chi connectivity index (χ1v) is 20.2. The van der Waals surface area contributed by atoms with Crippen molar-refractivity contribution < 1.29 is 43.2 Å². The summed E-state index contributed by atoms with van der Waals surface area (Å²) in [6.07, 6.45) is 8.16. The van der Waals surface area contributed by atoms with Gasteiger partial charge in [0, 0.05) is 37.7 Å². The van der Waals surface area contributed by atoms with Crippen molar-refractivity contribution in [1.29, 1.82) is 0 Å². The van der Waals surface area contributed by atoms with E-state index >= 15 is 0 Å². The first-order valence-electron chi connectivity index (χ1n) is 20.2. The topological polar surface area (TPSA) is 119 Å². The van der Waals surface area contributed by atoms with Gasteiger partial charge in [-0.3, -0.25) is 4.90 Å². The number of methoxy groups -OCH3 is 1. The number of hydrogen-bond acceptors (Lipinski definition) is 9. The number of amides is 1. The molecule has 2 aliphatic carbocycles. The van der Waals surface area contributed by atoms with Crippen molar-refractivity contribution in [2.75, 3.05) is 33.5 Å². The van der Waals surface area contributed by atoms with Crippen LogP contribution >= 0.6 is 0 Å². The molecule has 6 rings (SSSR count). The summed E-state index contributed by atoms with van der Waals surface area (Å²) >= 11 is 0. The highest BCUT2D eigenvalue weighted by molar-refractivity contribution is 6.03. The standard InChI is InChI=1S/C46H57FN2O8/c1-6-24-54-46-42(49(45(52)53-5)29-32-15-17-34(47)18-16-32)28-40(48-55-7-2)38-26-33(12-8-10-22-50)37(13-9-11-23-51)43(44(38)46)39-27-36(20-21-41(39)57-46)56-35-19-14-30(3)31(4)25-35/h6,14-21,25-27,33,37,42-44,50-51H,1,7-13,22-24,28-29H2,2-5H3. The van der Waals surface area contributed by atoms with Crippen molar-refractivity contribution in [3.05, 3.63) is 113 Å². The number of halogens is 1. The van der Waals surface area contributed by atoms with Gasteiger partial charge in [0.05, 0.1) is 25.3 Å². The molecule has 1 fully saturated rings. The number of rotatable bonds is 18. The third-order valence-electron chi connectivity index (χ3n) is 11.7. The molecule has 3 aromatic carbocycles. The third-order valence-corrected chi connectivity index (χ3v) is 11.7. The molecule has 1 saturated carbocycles. The number of aliphatic hydroxyl groups excluding tert-OH is 2. The van der Waals surface area contributed by atoms with Crippen LogP contribution in [0.5, 0.6) is 17.2 Å². The van der Waals surface area contributed by atoms with Crippen LogP contribution in [-0.2, 0) is 20.9 Å². The lowest BCUT2D eigenvalue weighted by molar-refractivity contribution is -0.256. The van der Waals surface area contributed by atoms with E-state index in [4.69, 9.17) is 28.9 Å². The van der Waals surface area contributed by atoms with E-state index in [1.807, 2.05) is 37.3 Å². The second kappa shape index (κ2) is 19.2. The average Bonchev–Trinajstić information content (AvgIpc) is 3.21. The number of carbonyl (C=O) groups is 1. The van der Waals surface area contributed by atoms with Crippen molar-refractivity contribution >= 4 is 11.8 Å². The summed E-state index contributed by atoms with van der Waals surface area (Å²) in [5.41, 5.74) is 5.55. The maximum absolute atomic E-state index is 14.1. The molecule has 0 radical (unpaired) electrons. The number of benzene rings is 3. The summed E-state index contributed by atoms with van der Waals surface area (Å²) in [4.78, 5) is 21.4. The highest BCUT2D eigenvalue weighted by Crippen LogP contribution is 2.62. The maximum Gasteiger partial charge on any atom is 0.410 e. The second-order valence-electron chi connectivity index (χ2n) is 15.3. The maximum atomic E-state index is 14.1. The third kappa shape index (κ3) is 9.06. The lowest BCUT2D eigenvalue weighted by Crippen LogP contribution is -2.70. The van der Waals surface area contributed by atoms with Gasteiger partial charge in [-0.05, 0) is 123 Å². The van der Waals surface area contributed by atoms with Crippen LogP contribution < -0.4 is 9.47 Å². The minimum absolute atomic E-state index is 0.0472. The van der Waals surface area contributed by atoms with E-state index in [9.17, 15) is 19.4 Å². The van der Waals surface area contributed by atoms with Gasteiger partial charge in [-0.1, -0.05) is 48.3 Å². The number of nitrogens with zero attached hydrogens (tertiary/aromatic N) is 2. The summed E-state index contributed by atoms with van der Waals surface area (Å²) in [7, 11) is 1.34. The van der Waals surface area contributed by atoms with Crippen molar-refractivity contribution in [1.82, 2.24) is 4.90 Å². The molecule has 0 saturated heterocycles. The minimum Gasteiger partial charge on any atom is -0.459 e. The van der Waals surface area contributed by atoms with Gasteiger partial charge in [0.15, 0.2) is 0 Å². The Bertz CT molecular complexity index is 1910. The Morgan fingerprint density at radius 2 is 1.72 bits per heavy atom. The van der Waals surface area contributed by atoms with Crippen molar-refractivity contribution in [2.24, 2.45) is 22.9 Å². The van der Waals surface area contributed by atoms with E-state index in [1.165, 1.54) is 24.8 Å². The molecule has 0 spiro atoms. The highest BCUT2D eigenvalue weighted by atomic mass is 19.1. The van der Waals surface area contributed by atoms with Crippen LogP contribution in [0.4, 0.5) is 9.18 Å². The molecule has 57 heavy (non-hydrogen) atoms. The molecular formula is C46H57FN2O8. The van der Waals surface area contributed by atoms with Gasteiger partial charge in [-0.2, -0.15) is 0 Å². The predicted molar refractivity (Wildman–Crippen MR) is 217 cm³/mol. The van der Waals surface area contributed by atoms with Gasteiger partial charge in [-0.25, -0.2) is 9.18 Å². The Labute approximate surface area is 335 Å². The molecular weight excluding hydrogens is 728 g/mol. The Morgan fingerprint density at radius 3 is 2.40 bits per heavy atom. The van der Waals surface area contributed by atoms with Crippen LogP contribution in [0.15, 0.2) is 90.1 Å². The Kier molecular flexibility index (Phi) is 14.1. The first-order chi connectivity index (χ1) is 27.7. The number of ether oxygens (including phenoxy) is 4. The van der Waals surface area contributed by atoms with E-state index in [0.29, 0.717) is 42.2 Å². The van der Waals surface area contributed by atoms with Gasteiger partial charge in [0.1, 0.15) is 35.7 Å². The molecule has 10 nitrogen and oxygen atoms in total. The van der Waals surface area contributed by atoms with Crippen molar-refractivity contribution in [2.45, 2.75) is 90.0 Å². The number of carbonyl (C=O) groups excluding carboxylic acids is 1. The summed E-state index contributed by atoms with van der Waals surface area (Å²) in [6.45, 7) is 10.7. The van der Waals surface area contributed by atoms with Gasteiger partial charge >= 0.3 is 6.09 Å². The van der Waals surface area contributed by atoms with E-state index in [-0.39, 0.29) is 56.4 Å². The molecule has 6 atom stereocenters. The predicted octanol–water partition coefficient (Wildman–Crippen LogP) is 9.16. The zero-order chi connectivity index (χ0) is 40.5. The van der Waals surface area contributed by atoms with Crippen LogP contribution in [0, 0.1) is 37.4 Å². The molecule has 306 valence electrons. The Morgan fingerprint density at radius 1 is 1.00 bits per heavy atom. The summed E-state index contributed by atoms with van der Waals surface area (Å²) in [6, 6.07) is 17.2. The molecule has 2 N–H and O–H groups in total. The quantitative estimate of drug-likeness (QED) is 0.0745. The fourth-order valence-electron chi connectivity index (χ4n) is 8.97. The summed E-state index contributed by atoms with van der Waals surface area (Å²) < 4.78 is 40.3. The number of allylic oxidation sites excluding steroid dienone is 1. The first kappa shape index (κ1) is 41.9. The molecule has 0 bridgehead atoms. The lowest BCUT2D eigenvalue weighted by atomic mass is 9.55. The molecule has 1 heterocycles. The molecule has 1 amide bonds. The number of fused-ring (bicyclic) bond motifs is 2. The molecule has 11 heteroatoms. The largest absolute Gasteiger partial charge is 0.459 e. The Balaban J connectivity index is 1.59. The number of oxime groups is 1. The molecule has 1 aliphatic heterocycles. The highest BCUT2D eigenvalue weighted by Gasteiger charge is 2.65. The average molecular weight is 785 g/mol. The van der Waals surface area contributed by atoms with Gasteiger partial charge in [-0.15, -0.1) is 6.58 Å².